The van der Waals surface area contributed by atoms with Crippen LogP contribution >= 0.6 is 0 Å². The first-order valence-corrected chi connectivity index (χ1v) is 9.55. The molecule has 0 atom stereocenters. The van der Waals surface area contributed by atoms with Crippen molar-refractivity contribution < 1.29 is 9.90 Å². The Morgan fingerprint density at radius 3 is 2.68 bits per heavy atom. The summed E-state index contributed by atoms with van der Waals surface area (Å²) in [6.45, 7) is 11.9. The largest absolute Gasteiger partial charge is 0.394 e. The van der Waals surface area contributed by atoms with Crippen molar-refractivity contribution >= 4 is 5.91 Å². The van der Waals surface area contributed by atoms with Gasteiger partial charge in [0.25, 0.3) is 0 Å². The van der Waals surface area contributed by atoms with E-state index < -0.39 is 0 Å². The van der Waals surface area contributed by atoms with Crippen molar-refractivity contribution in [3.05, 3.63) is 17.5 Å². The predicted molar refractivity (Wildman–Crippen MR) is 97.0 cm³/mol. The van der Waals surface area contributed by atoms with Crippen LogP contribution in [-0.2, 0) is 17.9 Å². The van der Waals surface area contributed by atoms with Crippen LogP contribution in [0.4, 0.5) is 0 Å². The summed E-state index contributed by atoms with van der Waals surface area (Å²) < 4.78 is 1.83. The minimum Gasteiger partial charge on any atom is -0.394 e. The zero-order valence-corrected chi connectivity index (χ0v) is 15.9. The molecule has 1 amide bonds. The molecule has 2 fully saturated rings. The zero-order valence-electron chi connectivity index (χ0n) is 15.9. The molecule has 0 unspecified atom stereocenters. The van der Waals surface area contributed by atoms with Crippen LogP contribution in [0.3, 0.4) is 0 Å². The second-order valence-electron chi connectivity index (χ2n) is 8.35. The standard InChI is InChI=1S/C19H32N4O2/c1-15(2)11-22-14-19(10-18(22)25)4-6-21(7-5-19)12-17-13-23(8-9-24)20-16(17)3/h13,15,24H,4-12,14H2,1-3H3. The summed E-state index contributed by atoms with van der Waals surface area (Å²) >= 11 is 0. The lowest BCUT2D eigenvalue weighted by Gasteiger charge is -2.38. The number of rotatable bonds is 6. The molecule has 140 valence electrons. The van der Waals surface area contributed by atoms with E-state index in [9.17, 15) is 4.79 Å². The number of hydrogen-bond acceptors (Lipinski definition) is 4. The molecule has 0 saturated carbocycles. The quantitative estimate of drug-likeness (QED) is 0.849. The summed E-state index contributed by atoms with van der Waals surface area (Å²) in [5.74, 6) is 0.890. The third kappa shape index (κ3) is 4.23. The van der Waals surface area contributed by atoms with Crippen molar-refractivity contribution in [2.24, 2.45) is 11.3 Å². The van der Waals surface area contributed by atoms with Gasteiger partial charge in [-0.05, 0) is 44.2 Å². The Balaban J connectivity index is 1.55. The van der Waals surface area contributed by atoms with Gasteiger partial charge in [0.2, 0.25) is 5.91 Å². The Morgan fingerprint density at radius 2 is 2.04 bits per heavy atom. The number of likely N-dealkylation sites (tertiary alicyclic amines) is 2. The number of aromatic nitrogens is 2. The molecule has 3 heterocycles. The highest BCUT2D eigenvalue weighted by Crippen LogP contribution is 2.41. The van der Waals surface area contributed by atoms with Gasteiger partial charge in [-0.2, -0.15) is 5.10 Å². The lowest BCUT2D eigenvalue weighted by molar-refractivity contribution is -0.128. The van der Waals surface area contributed by atoms with E-state index in [2.05, 4.69) is 34.9 Å². The molecular weight excluding hydrogens is 316 g/mol. The lowest BCUT2D eigenvalue weighted by Crippen LogP contribution is -2.41. The zero-order chi connectivity index (χ0) is 18.0. The van der Waals surface area contributed by atoms with E-state index in [0.29, 0.717) is 18.4 Å². The van der Waals surface area contributed by atoms with E-state index >= 15 is 0 Å². The molecule has 0 aliphatic carbocycles. The topological polar surface area (TPSA) is 61.6 Å². The molecule has 0 radical (unpaired) electrons. The summed E-state index contributed by atoms with van der Waals surface area (Å²) in [4.78, 5) is 16.9. The average molecular weight is 348 g/mol. The van der Waals surface area contributed by atoms with Crippen molar-refractivity contribution in [1.82, 2.24) is 19.6 Å². The van der Waals surface area contributed by atoms with Crippen LogP contribution in [0.5, 0.6) is 0 Å². The Labute approximate surface area is 150 Å². The number of carbonyl (C=O) groups excluding carboxylic acids is 1. The van der Waals surface area contributed by atoms with Gasteiger partial charge in [0.15, 0.2) is 0 Å². The first kappa shape index (κ1) is 18.4. The van der Waals surface area contributed by atoms with Gasteiger partial charge < -0.3 is 10.0 Å². The van der Waals surface area contributed by atoms with Gasteiger partial charge in [0, 0.05) is 37.8 Å². The molecule has 1 N–H and O–H groups in total. The van der Waals surface area contributed by atoms with Crippen LogP contribution in [-0.4, -0.2) is 63.4 Å². The highest BCUT2D eigenvalue weighted by Gasteiger charge is 2.44. The maximum atomic E-state index is 12.3. The van der Waals surface area contributed by atoms with Crippen molar-refractivity contribution in [2.45, 2.75) is 53.1 Å². The molecule has 25 heavy (non-hydrogen) atoms. The normalized spacial score (nSPS) is 21.0. The summed E-state index contributed by atoms with van der Waals surface area (Å²) in [7, 11) is 0. The number of nitrogens with zero attached hydrogens (tertiary/aromatic N) is 4. The number of piperidine rings is 1. The molecule has 2 saturated heterocycles. The summed E-state index contributed by atoms with van der Waals surface area (Å²) in [6.07, 6.45) is 5.01. The first-order valence-electron chi connectivity index (χ1n) is 9.55. The molecule has 0 aromatic carbocycles. The van der Waals surface area contributed by atoms with Gasteiger partial charge in [0.05, 0.1) is 18.8 Å². The van der Waals surface area contributed by atoms with Crippen molar-refractivity contribution in [3.63, 3.8) is 0 Å². The molecular formula is C19H32N4O2. The Hall–Kier alpha value is -1.40. The fourth-order valence-corrected chi connectivity index (χ4v) is 4.28. The molecule has 1 spiro atoms. The first-order chi connectivity index (χ1) is 11.9. The highest BCUT2D eigenvalue weighted by atomic mass is 16.3. The number of aryl methyl sites for hydroxylation is 1. The van der Waals surface area contributed by atoms with Crippen LogP contribution < -0.4 is 0 Å². The van der Waals surface area contributed by atoms with Crippen molar-refractivity contribution in [3.8, 4) is 0 Å². The molecule has 0 bridgehead atoms. The predicted octanol–water partition coefficient (Wildman–Crippen LogP) is 1.65. The maximum absolute atomic E-state index is 12.3. The van der Waals surface area contributed by atoms with Crippen LogP contribution in [0.25, 0.3) is 0 Å². The molecule has 2 aliphatic heterocycles. The Bertz CT molecular complexity index is 603. The second-order valence-corrected chi connectivity index (χ2v) is 8.35. The summed E-state index contributed by atoms with van der Waals surface area (Å²) in [5, 5.41) is 13.5. The van der Waals surface area contributed by atoms with Gasteiger partial charge in [-0.25, -0.2) is 0 Å². The van der Waals surface area contributed by atoms with Gasteiger partial charge in [-0.15, -0.1) is 0 Å². The Morgan fingerprint density at radius 1 is 1.32 bits per heavy atom. The molecule has 3 rings (SSSR count). The van der Waals surface area contributed by atoms with Crippen LogP contribution in [0.1, 0.15) is 44.4 Å². The van der Waals surface area contributed by atoms with Gasteiger partial charge in [-0.3, -0.25) is 14.4 Å². The minimum absolute atomic E-state index is 0.119. The number of hydrogen-bond donors (Lipinski definition) is 1. The van der Waals surface area contributed by atoms with E-state index in [1.54, 1.807) is 0 Å². The van der Waals surface area contributed by atoms with E-state index in [1.807, 2.05) is 11.6 Å². The lowest BCUT2D eigenvalue weighted by atomic mass is 9.77. The van der Waals surface area contributed by atoms with Gasteiger partial charge >= 0.3 is 0 Å². The molecule has 1 aromatic heterocycles. The number of carbonyl (C=O) groups is 1. The van der Waals surface area contributed by atoms with Crippen molar-refractivity contribution in [1.29, 1.82) is 0 Å². The van der Waals surface area contributed by atoms with E-state index in [4.69, 9.17) is 5.11 Å². The minimum atomic E-state index is 0.119. The number of aliphatic hydroxyl groups is 1. The highest BCUT2D eigenvalue weighted by molar-refractivity contribution is 5.79. The van der Waals surface area contributed by atoms with Crippen molar-refractivity contribution in [2.75, 3.05) is 32.8 Å². The number of aliphatic hydroxyl groups excluding tert-OH is 1. The summed E-state index contributed by atoms with van der Waals surface area (Å²) in [6, 6.07) is 0. The second kappa shape index (κ2) is 7.46. The van der Waals surface area contributed by atoms with Gasteiger partial charge in [-0.1, -0.05) is 13.8 Å². The molecule has 2 aliphatic rings. The maximum Gasteiger partial charge on any atom is 0.223 e. The molecule has 6 nitrogen and oxygen atoms in total. The average Bonchev–Trinajstić information content (AvgIpc) is 3.02. The number of amides is 1. The molecule has 6 heteroatoms. The van der Waals surface area contributed by atoms with E-state index in [0.717, 1.165) is 57.7 Å². The summed E-state index contributed by atoms with van der Waals surface area (Å²) in [5.41, 5.74) is 2.50. The molecule has 1 aromatic rings. The monoisotopic (exact) mass is 348 g/mol. The fourth-order valence-electron chi connectivity index (χ4n) is 4.28. The SMILES string of the molecule is Cc1nn(CCO)cc1CN1CCC2(CC1)CC(=O)N(CC(C)C)C2. The fraction of sp³-hybridized carbons (Fsp3) is 0.789. The van der Waals surface area contributed by atoms with E-state index in [1.165, 1.54) is 5.56 Å². The van der Waals surface area contributed by atoms with Crippen LogP contribution in [0, 0.1) is 18.3 Å². The third-order valence-corrected chi connectivity index (χ3v) is 5.68. The van der Waals surface area contributed by atoms with Gasteiger partial charge in [0.1, 0.15) is 0 Å². The van der Waals surface area contributed by atoms with Crippen LogP contribution in [0.2, 0.25) is 0 Å². The van der Waals surface area contributed by atoms with E-state index in [-0.39, 0.29) is 12.0 Å². The smallest absolute Gasteiger partial charge is 0.223 e. The Kier molecular flexibility index (Phi) is 5.49. The third-order valence-electron chi connectivity index (χ3n) is 5.68. The van der Waals surface area contributed by atoms with Crippen LogP contribution in [0.15, 0.2) is 6.20 Å².